The molecule has 8 nitrogen and oxygen atoms in total. The van der Waals surface area contributed by atoms with Gasteiger partial charge in [-0.3, -0.25) is 4.90 Å². The van der Waals surface area contributed by atoms with Gasteiger partial charge in [-0.25, -0.2) is 4.98 Å². The smallest absolute Gasteiger partial charge is 0.161 e. The molecule has 2 aromatic carbocycles. The van der Waals surface area contributed by atoms with Crippen molar-refractivity contribution in [2.45, 2.75) is 45.9 Å². The monoisotopic (exact) mass is 509 g/mol. The summed E-state index contributed by atoms with van der Waals surface area (Å²) in [4.78, 5) is 6.26. The highest BCUT2D eigenvalue weighted by molar-refractivity contribution is 5.43. The number of imidazole rings is 1. The lowest BCUT2D eigenvalue weighted by Gasteiger charge is -2.31. The van der Waals surface area contributed by atoms with Gasteiger partial charge in [-0.1, -0.05) is 12.1 Å². The molecule has 1 atom stereocenters. The lowest BCUT2D eigenvalue weighted by molar-refractivity contribution is -0.0648. The van der Waals surface area contributed by atoms with E-state index in [2.05, 4.69) is 29.8 Å². The summed E-state index contributed by atoms with van der Waals surface area (Å²) >= 11 is 0. The van der Waals surface area contributed by atoms with Gasteiger partial charge in [0.1, 0.15) is 18.0 Å². The van der Waals surface area contributed by atoms with Gasteiger partial charge in [-0.15, -0.1) is 0 Å². The van der Waals surface area contributed by atoms with E-state index < -0.39 is 5.60 Å². The minimum atomic E-state index is -1.11. The first kappa shape index (κ1) is 27.0. The zero-order chi connectivity index (χ0) is 26.3. The maximum absolute atomic E-state index is 11.4. The molecular formula is C29H39N3O5. The van der Waals surface area contributed by atoms with Crippen LogP contribution in [0.3, 0.4) is 0 Å². The van der Waals surface area contributed by atoms with Crippen molar-refractivity contribution in [2.75, 3.05) is 46.6 Å². The lowest BCUT2D eigenvalue weighted by atomic mass is 10.0. The van der Waals surface area contributed by atoms with Crippen LogP contribution in [-0.2, 0) is 17.8 Å². The first-order chi connectivity index (χ1) is 17.8. The third-order valence-electron chi connectivity index (χ3n) is 6.71. The number of nitrogens with zero attached hydrogens (tertiary/aromatic N) is 3. The number of aromatic nitrogens is 2. The fraction of sp³-hybridized carbons (Fsp3) is 0.483. The van der Waals surface area contributed by atoms with E-state index in [0.29, 0.717) is 32.1 Å². The fourth-order valence-corrected chi connectivity index (χ4v) is 4.62. The molecule has 3 aromatic rings. The van der Waals surface area contributed by atoms with E-state index in [1.807, 2.05) is 42.0 Å². The summed E-state index contributed by atoms with van der Waals surface area (Å²) in [5.41, 5.74) is 3.39. The van der Waals surface area contributed by atoms with E-state index in [1.165, 1.54) is 5.56 Å². The summed E-state index contributed by atoms with van der Waals surface area (Å²) in [5, 5.41) is 11.4. The summed E-state index contributed by atoms with van der Waals surface area (Å²) in [6.45, 7) is 10.4. The van der Waals surface area contributed by atoms with Crippen LogP contribution in [0, 0.1) is 20.8 Å². The fourth-order valence-electron chi connectivity index (χ4n) is 4.62. The topological polar surface area (TPSA) is 78.2 Å². The molecule has 200 valence electrons. The molecule has 1 N–H and O–H groups in total. The Labute approximate surface area is 219 Å². The van der Waals surface area contributed by atoms with E-state index >= 15 is 0 Å². The van der Waals surface area contributed by atoms with Gasteiger partial charge in [0.2, 0.25) is 0 Å². The molecule has 0 aliphatic carbocycles. The molecule has 1 saturated heterocycles. The summed E-state index contributed by atoms with van der Waals surface area (Å²) in [5.74, 6) is 2.24. The highest BCUT2D eigenvalue weighted by Gasteiger charge is 2.34. The van der Waals surface area contributed by atoms with Crippen molar-refractivity contribution in [3.8, 4) is 17.2 Å². The lowest BCUT2D eigenvalue weighted by Crippen LogP contribution is -2.48. The van der Waals surface area contributed by atoms with Crippen molar-refractivity contribution in [3.05, 3.63) is 71.3 Å². The molecule has 1 aliphatic rings. The number of rotatable bonds is 11. The van der Waals surface area contributed by atoms with Crippen LogP contribution >= 0.6 is 0 Å². The van der Waals surface area contributed by atoms with Gasteiger partial charge in [-0.2, -0.15) is 0 Å². The molecule has 0 radical (unpaired) electrons. The van der Waals surface area contributed by atoms with Crippen LogP contribution < -0.4 is 14.2 Å². The molecule has 0 saturated carbocycles. The zero-order valence-electron chi connectivity index (χ0n) is 22.4. The summed E-state index contributed by atoms with van der Waals surface area (Å²) in [6.07, 6.45) is 6.40. The average molecular weight is 510 g/mol. The van der Waals surface area contributed by atoms with Gasteiger partial charge in [0, 0.05) is 38.6 Å². The number of β-amino-alcohol motifs (C(OH)–C–C–N with tert-alkyl or cyclic N) is 1. The van der Waals surface area contributed by atoms with Crippen molar-refractivity contribution in [2.24, 2.45) is 0 Å². The average Bonchev–Trinajstić information content (AvgIpc) is 3.33. The Bertz CT molecular complexity index is 1150. The number of benzene rings is 2. The van der Waals surface area contributed by atoms with E-state index in [1.54, 1.807) is 19.6 Å². The first-order valence-corrected chi connectivity index (χ1v) is 12.8. The molecule has 0 spiro atoms. The van der Waals surface area contributed by atoms with Gasteiger partial charge in [0.05, 0.1) is 33.3 Å². The normalized spacial score (nSPS) is 18.4. The van der Waals surface area contributed by atoms with Gasteiger partial charge in [0.15, 0.2) is 11.5 Å². The Morgan fingerprint density at radius 2 is 1.95 bits per heavy atom. The number of ether oxygens (including phenoxy) is 4. The third-order valence-corrected chi connectivity index (χ3v) is 6.71. The molecule has 0 bridgehead atoms. The Balaban J connectivity index is 1.34. The quantitative estimate of drug-likeness (QED) is 0.393. The standard InChI is InChI=1S/C29H39N3O5/c1-22-14-23(2)24(3)27(15-22)37-20-29(33)18-32(11-13-35-19-29)17-25-6-7-26(28(16-25)34-4)36-12-5-9-31-10-8-30-21-31/h6-8,10,14-16,21,33H,5,9,11-13,17-20H2,1-4H3. The SMILES string of the molecule is COc1cc(CN2CCOCC(O)(COc3cc(C)cc(C)c3C)C2)ccc1OCCCn1ccnc1. The number of aliphatic hydroxyl groups is 1. The number of hydrogen-bond acceptors (Lipinski definition) is 7. The maximum atomic E-state index is 11.4. The Morgan fingerprint density at radius 1 is 1.08 bits per heavy atom. The van der Waals surface area contributed by atoms with Crippen molar-refractivity contribution in [1.82, 2.24) is 14.5 Å². The molecule has 0 amide bonds. The second-order valence-corrected chi connectivity index (χ2v) is 9.97. The molecule has 8 heteroatoms. The largest absolute Gasteiger partial charge is 0.493 e. The van der Waals surface area contributed by atoms with Crippen LogP contribution in [-0.4, -0.2) is 71.8 Å². The predicted octanol–water partition coefficient (Wildman–Crippen LogP) is 3.93. The molecule has 1 unspecified atom stereocenters. The van der Waals surface area contributed by atoms with Gasteiger partial charge >= 0.3 is 0 Å². The predicted molar refractivity (Wildman–Crippen MR) is 143 cm³/mol. The number of aryl methyl sites for hydroxylation is 3. The van der Waals surface area contributed by atoms with E-state index in [0.717, 1.165) is 47.7 Å². The van der Waals surface area contributed by atoms with Crippen LogP contribution in [0.15, 0.2) is 49.1 Å². The Kier molecular flexibility index (Phi) is 9.08. The first-order valence-electron chi connectivity index (χ1n) is 12.8. The molecule has 1 aliphatic heterocycles. The maximum Gasteiger partial charge on any atom is 0.161 e. The molecule has 37 heavy (non-hydrogen) atoms. The van der Waals surface area contributed by atoms with Crippen molar-refractivity contribution in [3.63, 3.8) is 0 Å². The summed E-state index contributed by atoms with van der Waals surface area (Å²) < 4.78 is 25.5. The molecule has 4 rings (SSSR count). The van der Waals surface area contributed by atoms with E-state index in [4.69, 9.17) is 18.9 Å². The summed E-state index contributed by atoms with van der Waals surface area (Å²) in [7, 11) is 1.66. The summed E-state index contributed by atoms with van der Waals surface area (Å²) in [6, 6.07) is 10.2. The molecule has 2 heterocycles. The molecule has 1 fully saturated rings. The van der Waals surface area contributed by atoms with E-state index in [9.17, 15) is 5.11 Å². The van der Waals surface area contributed by atoms with Crippen molar-refractivity contribution in [1.29, 1.82) is 0 Å². The Morgan fingerprint density at radius 3 is 2.73 bits per heavy atom. The second kappa shape index (κ2) is 12.4. The highest BCUT2D eigenvalue weighted by Crippen LogP contribution is 2.30. The zero-order valence-corrected chi connectivity index (χ0v) is 22.4. The van der Waals surface area contributed by atoms with Gasteiger partial charge < -0.3 is 28.6 Å². The van der Waals surface area contributed by atoms with Gasteiger partial charge in [0.25, 0.3) is 0 Å². The number of methoxy groups -OCH3 is 1. The van der Waals surface area contributed by atoms with Crippen molar-refractivity contribution >= 4 is 0 Å². The minimum absolute atomic E-state index is 0.169. The van der Waals surface area contributed by atoms with E-state index in [-0.39, 0.29) is 13.2 Å². The van der Waals surface area contributed by atoms with Gasteiger partial charge in [-0.05, 0) is 67.6 Å². The van der Waals surface area contributed by atoms with Crippen molar-refractivity contribution < 1.29 is 24.1 Å². The van der Waals surface area contributed by atoms with Crippen LogP contribution in [0.2, 0.25) is 0 Å². The van der Waals surface area contributed by atoms with Crippen LogP contribution in [0.25, 0.3) is 0 Å². The minimum Gasteiger partial charge on any atom is -0.493 e. The van der Waals surface area contributed by atoms with Crippen LogP contribution in [0.1, 0.15) is 28.7 Å². The Hall–Kier alpha value is -3.07. The highest BCUT2D eigenvalue weighted by atomic mass is 16.5. The van der Waals surface area contributed by atoms with Crippen LogP contribution in [0.5, 0.6) is 17.2 Å². The van der Waals surface area contributed by atoms with Crippen LogP contribution in [0.4, 0.5) is 0 Å². The molecular weight excluding hydrogens is 470 g/mol. The molecule has 1 aromatic heterocycles. The number of hydrogen-bond donors (Lipinski definition) is 1. The second-order valence-electron chi connectivity index (χ2n) is 9.97. The third kappa shape index (κ3) is 7.47.